The van der Waals surface area contributed by atoms with Crippen LogP contribution in [-0.2, 0) is 11.3 Å². The molecule has 1 aliphatic rings. The second-order valence-corrected chi connectivity index (χ2v) is 5.28. The van der Waals surface area contributed by atoms with Gasteiger partial charge < -0.3 is 4.74 Å². The van der Waals surface area contributed by atoms with Gasteiger partial charge in [0.1, 0.15) is 4.47 Å². The first-order chi connectivity index (χ1) is 8.18. The van der Waals surface area contributed by atoms with E-state index in [2.05, 4.69) is 20.9 Å². The third kappa shape index (κ3) is 3.30. The van der Waals surface area contributed by atoms with Gasteiger partial charge in [-0.1, -0.05) is 11.6 Å². The Morgan fingerprint density at radius 2 is 2.47 bits per heavy atom. The molecule has 0 N–H and O–H groups in total. The van der Waals surface area contributed by atoms with Crippen molar-refractivity contribution >= 4 is 27.5 Å². The minimum atomic E-state index is -0.127. The third-order valence-electron chi connectivity index (χ3n) is 2.89. The molecule has 0 radical (unpaired) electrons. The lowest BCUT2D eigenvalue weighted by molar-refractivity contribution is 0.101. The summed E-state index contributed by atoms with van der Waals surface area (Å²) in [5.74, 6) is 0. The largest absolute Gasteiger partial charge is 0.378 e. The van der Waals surface area contributed by atoms with Gasteiger partial charge in [-0.2, -0.15) is 0 Å². The van der Waals surface area contributed by atoms with E-state index in [9.17, 15) is 4.79 Å². The molecule has 2 heterocycles. The molecule has 0 bridgehead atoms. The fraction of sp³-hybridized carbons (Fsp3) is 0.636. The summed E-state index contributed by atoms with van der Waals surface area (Å²) in [4.78, 5) is 15.7. The van der Waals surface area contributed by atoms with Crippen molar-refractivity contribution in [3.8, 4) is 0 Å². The van der Waals surface area contributed by atoms with Crippen LogP contribution in [0.4, 0.5) is 0 Å². The smallest absolute Gasteiger partial charge is 0.269 e. The number of halogens is 2. The quantitative estimate of drug-likeness (QED) is 0.801. The zero-order valence-electron chi connectivity index (χ0n) is 9.36. The van der Waals surface area contributed by atoms with Crippen LogP contribution in [0.15, 0.2) is 15.6 Å². The lowest BCUT2D eigenvalue weighted by Crippen LogP contribution is -2.22. The SMILES string of the molecule is O=c1c(Br)c(Cl)ncn1CCCC1CCCO1. The van der Waals surface area contributed by atoms with Crippen molar-refractivity contribution in [2.24, 2.45) is 0 Å². The summed E-state index contributed by atoms with van der Waals surface area (Å²) in [6.45, 7) is 1.53. The van der Waals surface area contributed by atoms with Crippen molar-refractivity contribution in [1.29, 1.82) is 0 Å². The summed E-state index contributed by atoms with van der Waals surface area (Å²) >= 11 is 8.87. The van der Waals surface area contributed by atoms with Crippen LogP contribution in [0.1, 0.15) is 25.7 Å². The van der Waals surface area contributed by atoms with E-state index in [0.717, 1.165) is 32.3 Å². The van der Waals surface area contributed by atoms with Gasteiger partial charge in [0.15, 0.2) is 5.15 Å². The molecule has 1 fully saturated rings. The normalized spacial score (nSPS) is 19.8. The molecular weight excluding hydrogens is 307 g/mol. The molecule has 1 aromatic heterocycles. The highest BCUT2D eigenvalue weighted by molar-refractivity contribution is 9.10. The number of aryl methyl sites for hydroxylation is 1. The summed E-state index contributed by atoms with van der Waals surface area (Å²) in [6, 6.07) is 0. The fourth-order valence-electron chi connectivity index (χ4n) is 1.96. The molecule has 1 atom stereocenters. The fourth-order valence-corrected chi connectivity index (χ4v) is 2.42. The highest BCUT2D eigenvalue weighted by atomic mass is 79.9. The van der Waals surface area contributed by atoms with Crippen molar-refractivity contribution in [3.63, 3.8) is 0 Å². The molecule has 17 heavy (non-hydrogen) atoms. The summed E-state index contributed by atoms with van der Waals surface area (Å²) in [5, 5.41) is 0.213. The molecule has 0 aliphatic carbocycles. The molecule has 1 saturated heterocycles. The van der Waals surface area contributed by atoms with Crippen molar-refractivity contribution in [2.75, 3.05) is 6.61 Å². The van der Waals surface area contributed by atoms with Gasteiger partial charge in [0.2, 0.25) is 0 Å². The van der Waals surface area contributed by atoms with E-state index in [1.807, 2.05) is 0 Å². The molecule has 94 valence electrons. The summed E-state index contributed by atoms with van der Waals surface area (Å²) < 4.78 is 7.44. The van der Waals surface area contributed by atoms with Crippen LogP contribution in [0.25, 0.3) is 0 Å². The number of aromatic nitrogens is 2. The van der Waals surface area contributed by atoms with Crippen LogP contribution in [0, 0.1) is 0 Å². The van der Waals surface area contributed by atoms with E-state index >= 15 is 0 Å². The Balaban J connectivity index is 1.90. The second kappa shape index (κ2) is 5.98. The highest BCUT2D eigenvalue weighted by Gasteiger charge is 2.15. The van der Waals surface area contributed by atoms with Crippen molar-refractivity contribution in [1.82, 2.24) is 9.55 Å². The van der Waals surface area contributed by atoms with Crippen molar-refractivity contribution in [2.45, 2.75) is 38.3 Å². The van der Waals surface area contributed by atoms with E-state index in [1.165, 1.54) is 6.33 Å². The Morgan fingerprint density at radius 1 is 1.65 bits per heavy atom. The van der Waals surface area contributed by atoms with Crippen LogP contribution in [-0.4, -0.2) is 22.3 Å². The van der Waals surface area contributed by atoms with Crippen molar-refractivity contribution in [3.05, 3.63) is 26.3 Å². The van der Waals surface area contributed by atoms with E-state index in [-0.39, 0.29) is 10.7 Å². The van der Waals surface area contributed by atoms with Gasteiger partial charge >= 0.3 is 0 Å². The lowest BCUT2D eigenvalue weighted by atomic mass is 10.1. The molecule has 4 nitrogen and oxygen atoms in total. The van der Waals surface area contributed by atoms with Crippen LogP contribution >= 0.6 is 27.5 Å². The molecule has 0 amide bonds. The number of hydrogen-bond donors (Lipinski definition) is 0. The molecule has 2 rings (SSSR count). The number of ether oxygens (including phenoxy) is 1. The number of nitrogens with zero attached hydrogens (tertiary/aromatic N) is 2. The standard InChI is InChI=1S/C11H14BrClN2O2/c12-9-10(13)14-7-15(11(9)16)5-1-3-8-4-2-6-17-8/h7-8H,1-6H2. The van der Waals surface area contributed by atoms with Gasteiger partial charge in [0.05, 0.1) is 12.4 Å². The monoisotopic (exact) mass is 320 g/mol. The molecule has 6 heteroatoms. The van der Waals surface area contributed by atoms with Crippen LogP contribution < -0.4 is 5.56 Å². The Hall–Kier alpha value is -0.390. The maximum atomic E-state index is 11.8. The van der Waals surface area contributed by atoms with E-state index in [0.29, 0.717) is 17.1 Å². The van der Waals surface area contributed by atoms with E-state index < -0.39 is 0 Å². The average Bonchev–Trinajstić information content (AvgIpc) is 2.82. The summed E-state index contributed by atoms with van der Waals surface area (Å²) in [6.07, 6.45) is 6.06. The zero-order chi connectivity index (χ0) is 12.3. The first-order valence-electron chi connectivity index (χ1n) is 5.70. The van der Waals surface area contributed by atoms with Gasteiger partial charge in [-0.3, -0.25) is 9.36 Å². The number of rotatable bonds is 4. The van der Waals surface area contributed by atoms with Gasteiger partial charge in [-0.05, 0) is 41.6 Å². The van der Waals surface area contributed by atoms with Gasteiger partial charge in [-0.15, -0.1) is 0 Å². The zero-order valence-corrected chi connectivity index (χ0v) is 11.7. The molecular formula is C11H14BrClN2O2. The summed E-state index contributed by atoms with van der Waals surface area (Å²) in [5.41, 5.74) is -0.127. The molecule has 0 saturated carbocycles. The lowest BCUT2D eigenvalue weighted by Gasteiger charge is -2.10. The van der Waals surface area contributed by atoms with Crippen LogP contribution in [0.3, 0.4) is 0 Å². The molecule has 0 spiro atoms. The van der Waals surface area contributed by atoms with Gasteiger partial charge in [0.25, 0.3) is 5.56 Å². The minimum Gasteiger partial charge on any atom is -0.378 e. The van der Waals surface area contributed by atoms with Crippen LogP contribution in [0.5, 0.6) is 0 Å². The third-order valence-corrected chi connectivity index (χ3v) is 4.12. The van der Waals surface area contributed by atoms with Crippen molar-refractivity contribution < 1.29 is 4.74 Å². The molecule has 1 unspecified atom stereocenters. The molecule has 1 aliphatic heterocycles. The van der Waals surface area contributed by atoms with Crippen LogP contribution in [0.2, 0.25) is 5.15 Å². The maximum absolute atomic E-state index is 11.8. The Bertz CT molecular complexity index is 444. The molecule has 1 aromatic rings. The molecule has 0 aromatic carbocycles. The van der Waals surface area contributed by atoms with Gasteiger partial charge in [0, 0.05) is 13.2 Å². The highest BCUT2D eigenvalue weighted by Crippen LogP contribution is 2.17. The second-order valence-electron chi connectivity index (χ2n) is 4.13. The Kier molecular flexibility index (Phi) is 4.59. The minimum absolute atomic E-state index is 0.127. The first kappa shape index (κ1) is 13.1. The number of hydrogen-bond acceptors (Lipinski definition) is 3. The first-order valence-corrected chi connectivity index (χ1v) is 6.87. The summed E-state index contributed by atoms with van der Waals surface area (Å²) in [7, 11) is 0. The van der Waals surface area contributed by atoms with E-state index in [4.69, 9.17) is 16.3 Å². The topological polar surface area (TPSA) is 44.1 Å². The average molecular weight is 322 g/mol. The predicted molar refractivity (Wildman–Crippen MR) is 69.4 cm³/mol. The van der Waals surface area contributed by atoms with E-state index in [1.54, 1.807) is 4.57 Å². The van der Waals surface area contributed by atoms with Gasteiger partial charge in [-0.25, -0.2) is 4.98 Å². The Labute approximate surface area is 113 Å². The maximum Gasteiger partial charge on any atom is 0.269 e. The Morgan fingerprint density at radius 3 is 3.18 bits per heavy atom. The predicted octanol–water partition coefficient (Wildman–Crippen LogP) is 2.62.